The monoisotopic (exact) mass is 368 g/mol. The number of anilines is 1. The lowest BCUT2D eigenvalue weighted by Crippen LogP contribution is -2.33. The van der Waals surface area contributed by atoms with Gasteiger partial charge in [0.1, 0.15) is 6.10 Å². The quantitative estimate of drug-likeness (QED) is 0.868. The van der Waals surface area contributed by atoms with E-state index in [4.69, 9.17) is 4.74 Å². The fourth-order valence-corrected chi connectivity index (χ4v) is 3.94. The van der Waals surface area contributed by atoms with E-state index in [1.807, 2.05) is 6.07 Å². The topological polar surface area (TPSA) is 87.3 Å². The highest BCUT2D eigenvalue weighted by Crippen LogP contribution is 2.35. The van der Waals surface area contributed by atoms with Crippen LogP contribution < -0.4 is 10.2 Å². The molecule has 1 aliphatic heterocycles. The molecular weight excluding hydrogens is 344 g/mol. The number of hydrogen-bond donors (Lipinski definition) is 2. The van der Waals surface area contributed by atoms with Crippen LogP contribution in [0.2, 0.25) is 0 Å². The third kappa shape index (κ3) is 3.29. The van der Waals surface area contributed by atoms with Crippen LogP contribution in [0.3, 0.4) is 0 Å². The minimum Gasteiger partial charge on any atom is -0.442 e. The summed E-state index contributed by atoms with van der Waals surface area (Å²) in [4.78, 5) is 25.0. The van der Waals surface area contributed by atoms with E-state index < -0.39 is 0 Å². The first-order valence-electron chi connectivity index (χ1n) is 9.48. The Kier molecular flexibility index (Phi) is 4.59. The number of carbonyl (C=O) groups excluding carboxylic acids is 2. The predicted molar refractivity (Wildman–Crippen MR) is 102 cm³/mol. The molecule has 4 rings (SSSR count). The zero-order chi connectivity index (χ0) is 19.0. The summed E-state index contributed by atoms with van der Waals surface area (Å²) in [6, 6.07) is 6.11. The maximum absolute atomic E-state index is 12.3. The standard InChI is InChI=1S/C20H24N4O3/c1-3-18-17-6-4-5-13-9-14(7-8-16(13)19(17)23-22-18)24-11-15(27-20(24)26)10-21-12(2)25/h7-9,15H,3-6,10-11H2,1-2H3,(H,21,25)(H,22,23)/t15-/m0/s1. The van der Waals surface area contributed by atoms with Crippen LogP contribution >= 0.6 is 0 Å². The van der Waals surface area contributed by atoms with E-state index in [0.29, 0.717) is 13.1 Å². The lowest BCUT2D eigenvalue weighted by molar-refractivity contribution is -0.119. The zero-order valence-electron chi connectivity index (χ0n) is 15.7. The highest BCUT2D eigenvalue weighted by atomic mass is 16.6. The number of H-pyrrole nitrogens is 1. The molecule has 1 aromatic heterocycles. The third-order valence-electron chi connectivity index (χ3n) is 5.28. The van der Waals surface area contributed by atoms with Crippen molar-refractivity contribution in [3.05, 3.63) is 35.0 Å². The first-order chi connectivity index (χ1) is 13.1. The summed E-state index contributed by atoms with van der Waals surface area (Å²) in [5.41, 5.74) is 6.79. The number of benzene rings is 1. The van der Waals surface area contributed by atoms with Gasteiger partial charge in [-0.05, 0) is 43.4 Å². The van der Waals surface area contributed by atoms with Gasteiger partial charge in [-0.1, -0.05) is 13.0 Å². The molecule has 1 aromatic carbocycles. The van der Waals surface area contributed by atoms with E-state index >= 15 is 0 Å². The Labute approximate surface area is 158 Å². The maximum atomic E-state index is 12.3. The van der Waals surface area contributed by atoms with Crippen LogP contribution in [0.4, 0.5) is 10.5 Å². The molecule has 2 aromatic rings. The van der Waals surface area contributed by atoms with Gasteiger partial charge in [0, 0.05) is 23.7 Å². The molecule has 0 spiro atoms. The van der Waals surface area contributed by atoms with Gasteiger partial charge in [-0.25, -0.2) is 4.79 Å². The smallest absolute Gasteiger partial charge is 0.414 e. The average Bonchev–Trinajstić information content (AvgIpc) is 3.18. The molecule has 2 heterocycles. The highest BCUT2D eigenvalue weighted by molar-refractivity contribution is 5.90. The van der Waals surface area contributed by atoms with E-state index in [9.17, 15) is 9.59 Å². The number of aryl methyl sites for hydroxylation is 2. The molecule has 0 radical (unpaired) electrons. The van der Waals surface area contributed by atoms with Crippen LogP contribution in [-0.2, 0) is 28.8 Å². The minimum absolute atomic E-state index is 0.128. The second kappa shape index (κ2) is 7.06. The molecule has 7 nitrogen and oxygen atoms in total. The van der Waals surface area contributed by atoms with Gasteiger partial charge in [-0.3, -0.25) is 14.8 Å². The van der Waals surface area contributed by atoms with E-state index in [1.54, 1.807) is 4.90 Å². The molecule has 2 N–H and O–H groups in total. The lowest BCUT2D eigenvalue weighted by atomic mass is 10.0. The Bertz CT molecular complexity index is 889. The Morgan fingerprint density at radius 2 is 2.26 bits per heavy atom. The van der Waals surface area contributed by atoms with Crippen molar-refractivity contribution in [3.8, 4) is 11.3 Å². The molecule has 1 aliphatic carbocycles. The Morgan fingerprint density at radius 3 is 3.04 bits per heavy atom. The molecule has 7 heteroatoms. The molecule has 1 atom stereocenters. The van der Waals surface area contributed by atoms with Gasteiger partial charge in [-0.15, -0.1) is 0 Å². The molecule has 0 saturated carbocycles. The summed E-state index contributed by atoms with van der Waals surface area (Å²) >= 11 is 0. The first kappa shape index (κ1) is 17.6. The molecule has 0 bridgehead atoms. The fourth-order valence-electron chi connectivity index (χ4n) is 3.94. The summed E-state index contributed by atoms with van der Waals surface area (Å²) in [5, 5.41) is 10.4. The summed E-state index contributed by atoms with van der Waals surface area (Å²) in [7, 11) is 0. The van der Waals surface area contributed by atoms with Crippen molar-refractivity contribution in [2.45, 2.75) is 45.6 Å². The lowest BCUT2D eigenvalue weighted by Gasteiger charge is -2.16. The van der Waals surface area contributed by atoms with Crippen LogP contribution in [-0.4, -0.2) is 41.4 Å². The second-order valence-electron chi connectivity index (χ2n) is 7.13. The van der Waals surface area contributed by atoms with Gasteiger partial charge >= 0.3 is 6.09 Å². The summed E-state index contributed by atoms with van der Waals surface area (Å²) < 4.78 is 5.38. The maximum Gasteiger partial charge on any atom is 0.414 e. The van der Waals surface area contributed by atoms with Gasteiger partial charge in [0.2, 0.25) is 5.91 Å². The molecule has 142 valence electrons. The Hall–Kier alpha value is -2.83. The largest absolute Gasteiger partial charge is 0.442 e. The Balaban J connectivity index is 1.59. The van der Waals surface area contributed by atoms with E-state index in [-0.39, 0.29) is 18.1 Å². The van der Waals surface area contributed by atoms with Crippen LogP contribution in [0.15, 0.2) is 18.2 Å². The van der Waals surface area contributed by atoms with Crippen molar-refractivity contribution in [1.82, 2.24) is 15.5 Å². The number of aromatic nitrogens is 2. The zero-order valence-corrected chi connectivity index (χ0v) is 15.7. The number of aromatic amines is 1. The number of ether oxygens (including phenoxy) is 1. The van der Waals surface area contributed by atoms with Crippen molar-refractivity contribution in [1.29, 1.82) is 0 Å². The minimum atomic E-state index is -0.366. The molecule has 1 fully saturated rings. The number of hydrogen-bond acceptors (Lipinski definition) is 4. The van der Waals surface area contributed by atoms with Crippen molar-refractivity contribution < 1.29 is 14.3 Å². The van der Waals surface area contributed by atoms with Crippen LogP contribution in [0.25, 0.3) is 11.3 Å². The van der Waals surface area contributed by atoms with E-state index in [2.05, 4.69) is 34.6 Å². The van der Waals surface area contributed by atoms with Gasteiger partial charge in [0.05, 0.1) is 24.5 Å². The van der Waals surface area contributed by atoms with Crippen LogP contribution in [0, 0.1) is 0 Å². The SMILES string of the molecule is CCc1n[nH]c2c1CCCc1cc(N3C[C@H](CNC(C)=O)OC3=O)ccc1-2. The van der Waals surface area contributed by atoms with Gasteiger partial charge in [-0.2, -0.15) is 5.10 Å². The third-order valence-corrected chi connectivity index (χ3v) is 5.28. The Morgan fingerprint density at radius 1 is 1.41 bits per heavy atom. The average molecular weight is 368 g/mol. The molecule has 0 unspecified atom stereocenters. The number of fused-ring (bicyclic) bond motifs is 3. The van der Waals surface area contributed by atoms with Crippen molar-refractivity contribution in [2.24, 2.45) is 0 Å². The number of carbonyl (C=O) groups is 2. The number of amides is 2. The van der Waals surface area contributed by atoms with Crippen molar-refractivity contribution >= 4 is 17.7 Å². The van der Waals surface area contributed by atoms with Gasteiger partial charge in [0.25, 0.3) is 0 Å². The van der Waals surface area contributed by atoms with E-state index in [0.717, 1.165) is 42.8 Å². The summed E-state index contributed by atoms with van der Waals surface area (Å²) in [5.74, 6) is -0.128. The number of nitrogens with one attached hydrogen (secondary N) is 2. The van der Waals surface area contributed by atoms with Crippen LogP contribution in [0.1, 0.15) is 37.1 Å². The first-order valence-corrected chi connectivity index (χ1v) is 9.48. The highest BCUT2D eigenvalue weighted by Gasteiger charge is 2.33. The number of nitrogens with zero attached hydrogens (tertiary/aromatic N) is 2. The van der Waals surface area contributed by atoms with Crippen molar-refractivity contribution in [2.75, 3.05) is 18.0 Å². The molecule has 2 aliphatic rings. The molecule has 27 heavy (non-hydrogen) atoms. The van der Waals surface area contributed by atoms with Gasteiger partial charge in [0.15, 0.2) is 0 Å². The van der Waals surface area contributed by atoms with Crippen molar-refractivity contribution in [3.63, 3.8) is 0 Å². The summed E-state index contributed by atoms with van der Waals surface area (Å²) in [6.07, 6.45) is 3.28. The normalized spacial score (nSPS) is 18.5. The molecule has 2 amide bonds. The predicted octanol–water partition coefficient (Wildman–Crippen LogP) is 2.59. The number of rotatable bonds is 4. The van der Waals surface area contributed by atoms with Gasteiger partial charge < -0.3 is 10.1 Å². The fraction of sp³-hybridized carbons (Fsp3) is 0.450. The molecular formula is C20H24N4O3. The second-order valence-corrected chi connectivity index (χ2v) is 7.13. The summed E-state index contributed by atoms with van der Waals surface area (Å²) in [6.45, 7) is 4.35. The van der Waals surface area contributed by atoms with Crippen LogP contribution in [0.5, 0.6) is 0 Å². The molecule has 1 saturated heterocycles. The number of cyclic esters (lactones) is 1. The van der Waals surface area contributed by atoms with E-state index in [1.165, 1.54) is 23.6 Å².